The zero-order chi connectivity index (χ0) is 16.3. The quantitative estimate of drug-likeness (QED) is 0.412. The second-order valence-electron chi connectivity index (χ2n) is 8.52. The van der Waals surface area contributed by atoms with Crippen LogP contribution >= 0.6 is 0 Å². The van der Waals surface area contributed by atoms with Gasteiger partial charge in [0.05, 0.1) is 0 Å². The minimum Gasteiger partial charge on any atom is -0.344 e. The summed E-state index contributed by atoms with van der Waals surface area (Å²) in [4.78, 5) is 0. The lowest BCUT2D eigenvalue weighted by molar-refractivity contribution is 0.590. The standard InChI is InChI=1S/C21H27N.2CH4/c1-20(2,3)14-8-10-18-16(12-14)17-13-15(21(4,5)6)9-11-19(17)22(18)7;;/h8-13H,1-7H3;2*1H4. The molecule has 2 aromatic carbocycles. The predicted molar refractivity (Wildman–Crippen MR) is 111 cm³/mol. The van der Waals surface area contributed by atoms with Gasteiger partial charge < -0.3 is 4.57 Å². The maximum Gasteiger partial charge on any atom is 0.0488 e. The van der Waals surface area contributed by atoms with Crippen molar-refractivity contribution in [3.63, 3.8) is 0 Å². The normalized spacial score (nSPS) is 12.1. The number of nitrogens with zero attached hydrogens (tertiary/aromatic N) is 1. The summed E-state index contributed by atoms with van der Waals surface area (Å²) in [5.41, 5.74) is 5.78. The van der Waals surface area contributed by atoms with Crippen LogP contribution in [0.1, 0.15) is 67.5 Å². The van der Waals surface area contributed by atoms with Crippen LogP contribution in [0.15, 0.2) is 36.4 Å². The summed E-state index contributed by atoms with van der Waals surface area (Å²) < 4.78 is 2.31. The Bertz CT molecular complexity index is 780. The van der Waals surface area contributed by atoms with Crippen LogP contribution in [-0.2, 0) is 17.9 Å². The van der Waals surface area contributed by atoms with E-state index in [1.807, 2.05) is 0 Å². The number of hydrogen-bond acceptors (Lipinski definition) is 0. The van der Waals surface area contributed by atoms with Crippen molar-refractivity contribution in [3.8, 4) is 0 Å². The third kappa shape index (κ3) is 3.22. The van der Waals surface area contributed by atoms with E-state index in [1.54, 1.807) is 0 Å². The van der Waals surface area contributed by atoms with Gasteiger partial charge >= 0.3 is 0 Å². The maximum atomic E-state index is 2.38. The summed E-state index contributed by atoms with van der Waals surface area (Å²) in [6, 6.07) is 13.8. The first kappa shape index (κ1) is 20.3. The van der Waals surface area contributed by atoms with Crippen LogP contribution in [0.5, 0.6) is 0 Å². The predicted octanol–water partition coefficient (Wildman–Crippen LogP) is 7.20. The summed E-state index contributed by atoms with van der Waals surface area (Å²) in [6.07, 6.45) is 0. The first-order valence-electron chi connectivity index (χ1n) is 8.12. The molecule has 0 fully saturated rings. The molecule has 0 saturated heterocycles. The summed E-state index contributed by atoms with van der Waals surface area (Å²) in [7, 11) is 2.16. The molecular formula is C23H35N. The van der Waals surface area contributed by atoms with Gasteiger partial charge in [0.25, 0.3) is 0 Å². The summed E-state index contributed by atoms with van der Waals surface area (Å²) in [5, 5.41) is 2.74. The largest absolute Gasteiger partial charge is 0.344 e. The average Bonchev–Trinajstić information content (AvgIpc) is 2.70. The van der Waals surface area contributed by atoms with Crippen LogP contribution < -0.4 is 0 Å². The van der Waals surface area contributed by atoms with E-state index in [0.29, 0.717) is 0 Å². The van der Waals surface area contributed by atoms with Crippen molar-refractivity contribution in [2.24, 2.45) is 7.05 Å². The molecule has 132 valence electrons. The Morgan fingerprint density at radius 1 is 0.625 bits per heavy atom. The van der Waals surface area contributed by atoms with Crippen LogP contribution in [0.25, 0.3) is 21.8 Å². The van der Waals surface area contributed by atoms with E-state index in [-0.39, 0.29) is 25.7 Å². The number of hydrogen-bond donors (Lipinski definition) is 0. The van der Waals surface area contributed by atoms with Gasteiger partial charge in [-0.15, -0.1) is 0 Å². The minimum absolute atomic E-state index is 0. The van der Waals surface area contributed by atoms with E-state index in [1.165, 1.54) is 32.9 Å². The Kier molecular flexibility index (Phi) is 5.30. The highest BCUT2D eigenvalue weighted by Crippen LogP contribution is 2.35. The van der Waals surface area contributed by atoms with Crippen LogP contribution in [0, 0.1) is 0 Å². The van der Waals surface area contributed by atoms with Gasteiger partial charge in [-0.2, -0.15) is 0 Å². The van der Waals surface area contributed by atoms with Crippen molar-refractivity contribution < 1.29 is 0 Å². The van der Waals surface area contributed by atoms with E-state index in [2.05, 4.69) is 89.6 Å². The van der Waals surface area contributed by atoms with Gasteiger partial charge in [0.1, 0.15) is 0 Å². The Labute approximate surface area is 148 Å². The fourth-order valence-electron chi connectivity index (χ4n) is 3.15. The minimum atomic E-state index is 0. The van der Waals surface area contributed by atoms with Crippen molar-refractivity contribution in [3.05, 3.63) is 47.5 Å². The molecule has 0 saturated carbocycles. The van der Waals surface area contributed by atoms with Gasteiger partial charge in [-0.25, -0.2) is 0 Å². The molecule has 0 aliphatic heterocycles. The van der Waals surface area contributed by atoms with Gasteiger partial charge in [-0.3, -0.25) is 0 Å². The molecule has 1 heterocycles. The van der Waals surface area contributed by atoms with E-state index in [0.717, 1.165) is 0 Å². The molecule has 0 aliphatic rings. The molecule has 0 amide bonds. The molecule has 3 aromatic rings. The monoisotopic (exact) mass is 325 g/mol. The molecule has 1 nitrogen and oxygen atoms in total. The number of benzene rings is 2. The lowest BCUT2D eigenvalue weighted by atomic mass is 9.85. The molecule has 0 aliphatic carbocycles. The Balaban J connectivity index is 0.00000144. The Morgan fingerprint density at radius 2 is 0.958 bits per heavy atom. The highest BCUT2D eigenvalue weighted by molar-refractivity contribution is 6.08. The molecule has 0 spiro atoms. The van der Waals surface area contributed by atoms with Crippen molar-refractivity contribution in [1.82, 2.24) is 4.57 Å². The fourth-order valence-corrected chi connectivity index (χ4v) is 3.15. The number of rotatable bonds is 0. The lowest BCUT2D eigenvalue weighted by Crippen LogP contribution is -2.10. The number of aromatic nitrogens is 1. The summed E-state index contributed by atoms with van der Waals surface area (Å²) >= 11 is 0. The smallest absolute Gasteiger partial charge is 0.0488 e. The summed E-state index contributed by atoms with van der Waals surface area (Å²) in [6.45, 7) is 13.7. The zero-order valence-corrected chi connectivity index (χ0v) is 14.9. The highest BCUT2D eigenvalue weighted by atomic mass is 14.9. The van der Waals surface area contributed by atoms with Crippen molar-refractivity contribution in [1.29, 1.82) is 0 Å². The molecule has 24 heavy (non-hydrogen) atoms. The third-order valence-electron chi connectivity index (χ3n) is 4.74. The molecule has 0 bridgehead atoms. The molecule has 1 aromatic heterocycles. The Morgan fingerprint density at radius 3 is 1.25 bits per heavy atom. The first-order chi connectivity index (χ1) is 10.1. The van der Waals surface area contributed by atoms with Crippen molar-refractivity contribution in [2.75, 3.05) is 0 Å². The second-order valence-corrected chi connectivity index (χ2v) is 8.52. The second kappa shape index (κ2) is 6.27. The third-order valence-corrected chi connectivity index (χ3v) is 4.74. The van der Waals surface area contributed by atoms with E-state index in [4.69, 9.17) is 0 Å². The molecular weight excluding hydrogens is 290 g/mol. The molecule has 0 atom stereocenters. The van der Waals surface area contributed by atoms with Crippen LogP contribution in [-0.4, -0.2) is 4.57 Å². The SMILES string of the molecule is C.C.Cn1c2ccc(C(C)(C)C)cc2c2cc(C(C)(C)C)ccc21. The van der Waals surface area contributed by atoms with E-state index < -0.39 is 0 Å². The summed E-state index contributed by atoms with van der Waals surface area (Å²) in [5.74, 6) is 0. The van der Waals surface area contributed by atoms with E-state index >= 15 is 0 Å². The lowest BCUT2D eigenvalue weighted by Gasteiger charge is -2.19. The van der Waals surface area contributed by atoms with E-state index in [9.17, 15) is 0 Å². The Hall–Kier alpha value is -1.76. The van der Waals surface area contributed by atoms with Gasteiger partial charge in [0.2, 0.25) is 0 Å². The first-order valence-corrected chi connectivity index (χ1v) is 8.12. The van der Waals surface area contributed by atoms with Crippen LogP contribution in [0.2, 0.25) is 0 Å². The molecule has 3 rings (SSSR count). The van der Waals surface area contributed by atoms with Crippen LogP contribution in [0.3, 0.4) is 0 Å². The fraction of sp³-hybridized carbons (Fsp3) is 0.478. The van der Waals surface area contributed by atoms with Gasteiger partial charge in [0, 0.05) is 28.9 Å². The molecule has 0 N–H and O–H groups in total. The molecule has 1 heteroatoms. The molecule has 0 radical (unpaired) electrons. The maximum absolute atomic E-state index is 2.38. The average molecular weight is 326 g/mol. The topological polar surface area (TPSA) is 4.93 Å². The highest BCUT2D eigenvalue weighted by Gasteiger charge is 2.18. The zero-order valence-electron chi connectivity index (χ0n) is 14.9. The van der Waals surface area contributed by atoms with Gasteiger partial charge in [-0.1, -0.05) is 68.5 Å². The van der Waals surface area contributed by atoms with Crippen molar-refractivity contribution >= 4 is 21.8 Å². The number of fused-ring (bicyclic) bond motifs is 3. The van der Waals surface area contributed by atoms with Crippen molar-refractivity contribution in [2.45, 2.75) is 67.2 Å². The van der Waals surface area contributed by atoms with Crippen LogP contribution in [0.4, 0.5) is 0 Å². The van der Waals surface area contributed by atoms with Gasteiger partial charge in [0.15, 0.2) is 0 Å². The number of aryl methyl sites for hydroxylation is 1. The van der Waals surface area contributed by atoms with Gasteiger partial charge in [-0.05, 0) is 46.2 Å². The molecule has 0 unspecified atom stereocenters.